The van der Waals surface area contributed by atoms with E-state index in [-0.39, 0.29) is 23.2 Å². The highest BCUT2D eigenvalue weighted by Crippen LogP contribution is 2.63. The third kappa shape index (κ3) is 1.89. The van der Waals surface area contributed by atoms with Gasteiger partial charge < -0.3 is 4.79 Å². The Morgan fingerprint density at radius 2 is 2.00 bits per heavy atom. The molecule has 3 nitrogen and oxygen atoms in total. The lowest BCUT2D eigenvalue weighted by atomic mass is 9.45. The number of carbonyl (C=O) groups excluding carboxylic acids is 2. The second-order valence-electron chi connectivity index (χ2n) is 7.82. The summed E-state index contributed by atoms with van der Waals surface area (Å²) in [7, 11) is 0. The van der Waals surface area contributed by atoms with E-state index < -0.39 is 16.2 Å². The van der Waals surface area contributed by atoms with Crippen molar-refractivity contribution < 1.29 is 9.59 Å². The standard InChI is InChI=1S/C20H21NO2/c1-6-20-9-7-13(22)11-16(20)19(4)12-14(21-5)17(23)18(2,3)15(19)8-10-20/h1,11-12,15H,7-10H2,2-4H3/t15-,19-,20+/m0/s1. The summed E-state index contributed by atoms with van der Waals surface area (Å²) in [5.41, 5.74) is -0.398. The Balaban J connectivity index is 2.29. The van der Waals surface area contributed by atoms with E-state index in [9.17, 15) is 9.59 Å². The van der Waals surface area contributed by atoms with Gasteiger partial charge in [-0.2, -0.15) is 0 Å². The van der Waals surface area contributed by atoms with Crippen LogP contribution in [-0.4, -0.2) is 11.6 Å². The van der Waals surface area contributed by atoms with Crippen molar-refractivity contribution in [2.45, 2.75) is 46.5 Å². The summed E-state index contributed by atoms with van der Waals surface area (Å²) in [5, 5.41) is 0. The van der Waals surface area contributed by atoms with Gasteiger partial charge in [0.2, 0.25) is 5.70 Å². The van der Waals surface area contributed by atoms with Crippen molar-refractivity contribution in [3.05, 3.63) is 34.8 Å². The molecule has 0 heterocycles. The fourth-order valence-electron chi connectivity index (χ4n) is 5.08. The minimum absolute atomic E-state index is 0.0617. The Bertz CT molecular complexity index is 755. The van der Waals surface area contributed by atoms with Crippen molar-refractivity contribution in [3.63, 3.8) is 0 Å². The number of ketones is 2. The quantitative estimate of drug-likeness (QED) is 0.505. The Morgan fingerprint density at radius 1 is 1.30 bits per heavy atom. The maximum atomic E-state index is 12.6. The number of nitrogens with zero attached hydrogens (tertiary/aromatic N) is 1. The predicted octanol–water partition coefficient (Wildman–Crippen LogP) is 3.72. The van der Waals surface area contributed by atoms with Crippen LogP contribution in [0.1, 0.15) is 46.5 Å². The largest absolute Gasteiger partial charge is 0.307 e. The first-order valence-electron chi connectivity index (χ1n) is 8.10. The summed E-state index contributed by atoms with van der Waals surface area (Å²) in [4.78, 5) is 28.2. The van der Waals surface area contributed by atoms with E-state index >= 15 is 0 Å². The topological polar surface area (TPSA) is 38.5 Å². The van der Waals surface area contributed by atoms with Crippen LogP contribution in [0.5, 0.6) is 0 Å². The van der Waals surface area contributed by atoms with Gasteiger partial charge in [0.05, 0.1) is 12.0 Å². The Labute approximate surface area is 137 Å². The molecule has 0 N–H and O–H groups in total. The zero-order valence-corrected chi connectivity index (χ0v) is 13.9. The molecule has 3 aliphatic carbocycles. The smallest absolute Gasteiger partial charge is 0.226 e. The number of hydrogen-bond donors (Lipinski definition) is 0. The van der Waals surface area contributed by atoms with Crippen LogP contribution >= 0.6 is 0 Å². The van der Waals surface area contributed by atoms with Gasteiger partial charge in [-0.05, 0) is 36.8 Å². The molecule has 0 bridgehead atoms. The van der Waals surface area contributed by atoms with E-state index in [1.54, 1.807) is 12.2 Å². The molecule has 3 atom stereocenters. The molecule has 1 saturated carbocycles. The normalized spacial score (nSPS) is 38.4. The molecule has 0 spiro atoms. The summed E-state index contributed by atoms with van der Waals surface area (Å²) in [6.07, 6.45) is 12.2. The average Bonchev–Trinajstić information content (AvgIpc) is 2.52. The lowest BCUT2D eigenvalue weighted by Crippen LogP contribution is -2.53. The highest BCUT2D eigenvalue weighted by Gasteiger charge is 2.59. The van der Waals surface area contributed by atoms with Crippen LogP contribution in [0.4, 0.5) is 0 Å². The highest BCUT2D eigenvalue weighted by atomic mass is 16.1. The van der Waals surface area contributed by atoms with Crippen molar-refractivity contribution in [2.24, 2.45) is 22.2 Å². The molecule has 0 aromatic rings. The number of rotatable bonds is 0. The maximum Gasteiger partial charge on any atom is 0.226 e. The Morgan fingerprint density at radius 3 is 2.61 bits per heavy atom. The van der Waals surface area contributed by atoms with E-state index in [1.807, 2.05) is 20.8 Å². The first kappa shape index (κ1) is 15.8. The number of fused-ring (bicyclic) bond motifs is 3. The maximum absolute atomic E-state index is 12.6. The second kappa shape index (κ2) is 4.68. The number of allylic oxidation sites excluding steroid dienone is 4. The molecule has 0 unspecified atom stereocenters. The van der Waals surface area contributed by atoms with Crippen LogP contribution in [0.25, 0.3) is 4.85 Å². The summed E-state index contributed by atoms with van der Waals surface area (Å²) in [5.74, 6) is 3.02. The van der Waals surface area contributed by atoms with Gasteiger partial charge in [-0.25, -0.2) is 4.85 Å². The number of hydrogen-bond acceptors (Lipinski definition) is 2. The molecule has 118 valence electrons. The van der Waals surface area contributed by atoms with Crippen LogP contribution < -0.4 is 0 Å². The molecule has 1 fully saturated rings. The summed E-state index contributed by atoms with van der Waals surface area (Å²) >= 11 is 0. The van der Waals surface area contributed by atoms with E-state index in [2.05, 4.69) is 10.8 Å². The molecule has 0 aliphatic heterocycles. The zero-order valence-electron chi connectivity index (χ0n) is 13.9. The fraction of sp³-hybridized carbons (Fsp3) is 0.550. The van der Waals surface area contributed by atoms with Gasteiger partial charge in [-0.15, -0.1) is 6.42 Å². The lowest BCUT2D eigenvalue weighted by Gasteiger charge is -2.57. The van der Waals surface area contributed by atoms with Crippen LogP contribution in [0, 0.1) is 41.1 Å². The van der Waals surface area contributed by atoms with Crippen LogP contribution in [0.2, 0.25) is 0 Å². The summed E-state index contributed by atoms with van der Waals surface area (Å²) < 4.78 is 0. The van der Waals surface area contributed by atoms with Crippen molar-refractivity contribution in [1.82, 2.24) is 0 Å². The average molecular weight is 307 g/mol. The van der Waals surface area contributed by atoms with E-state index in [0.29, 0.717) is 12.8 Å². The lowest BCUT2D eigenvalue weighted by molar-refractivity contribution is -0.130. The summed E-state index contributed by atoms with van der Waals surface area (Å²) in [6.45, 7) is 13.3. The number of Topliss-reactive ketones (excluding diaryl/α,β-unsaturated/α-hetero) is 1. The third-order valence-electron chi connectivity index (χ3n) is 6.31. The molecule has 0 aromatic carbocycles. The molecule has 0 radical (unpaired) electrons. The van der Waals surface area contributed by atoms with Gasteiger partial charge >= 0.3 is 0 Å². The third-order valence-corrected chi connectivity index (χ3v) is 6.31. The molecule has 3 rings (SSSR count). The number of terminal acetylenes is 1. The van der Waals surface area contributed by atoms with Crippen LogP contribution in [-0.2, 0) is 9.59 Å². The van der Waals surface area contributed by atoms with Gasteiger partial charge in [-0.3, -0.25) is 4.79 Å². The molecule has 23 heavy (non-hydrogen) atoms. The zero-order chi connectivity index (χ0) is 17.0. The van der Waals surface area contributed by atoms with Crippen molar-refractivity contribution in [3.8, 4) is 12.3 Å². The fourth-order valence-corrected chi connectivity index (χ4v) is 5.08. The first-order chi connectivity index (χ1) is 10.7. The van der Waals surface area contributed by atoms with Gasteiger partial charge in [-0.1, -0.05) is 32.8 Å². The predicted molar refractivity (Wildman–Crippen MR) is 87.9 cm³/mol. The molecule has 0 saturated heterocycles. The van der Waals surface area contributed by atoms with Crippen molar-refractivity contribution >= 4 is 11.6 Å². The Kier molecular flexibility index (Phi) is 3.21. The van der Waals surface area contributed by atoms with E-state index in [1.165, 1.54) is 0 Å². The SMILES string of the molecule is [C-]#[N+]C1=C[C@]2(C)C3=CC(=O)CC[C@]3(C#C)CC[C@H]2C(C)(C)C1=O. The minimum atomic E-state index is -0.620. The van der Waals surface area contributed by atoms with E-state index in [0.717, 1.165) is 18.4 Å². The first-order valence-corrected chi connectivity index (χ1v) is 8.10. The van der Waals surface area contributed by atoms with Crippen LogP contribution in [0.3, 0.4) is 0 Å². The van der Waals surface area contributed by atoms with Crippen molar-refractivity contribution in [2.75, 3.05) is 0 Å². The highest BCUT2D eigenvalue weighted by molar-refractivity contribution is 6.03. The molecular formula is C20H21NO2. The van der Waals surface area contributed by atoms with Gasteiger partial charge in [0.25, 0.3) is 0 Å². The Hall–Kier alpha value is -2.13. The molecular weight excluding hydrogens is 286 g/mol. The molecule has 3 heteroatoms. The minimum Gasteiger partial charge on any atom is -0.307 e. The summed E-state index contributed by atoms with van der Waals surface area (Å²) in [6, 6.07) is 0. The molecule has 0 aromatic heterocycles. The van der Waals surface area contributed by atoms with E-state index in [4.69, 9.17) is 13.0 Å². The monoisotopic (exact) mass is 307 g/mol. The van der Waals surface area contributed by atoms with Gasteiger partial charge in [0, 0.05) is 17.3 Å². The van der Waals surface area contributed by atoms with Crippen LogP contribution in [0.15, 0.2) is 23.4 Å². The van der Waals surface area contributed by atoms with Gasteiger partial charge in [0.15, 0.2) is 11.6 Å². The second-order valence-corrected chi connectivity index (χ2v) is 7.82. The molecule has 0 amide bonds. The van der Waals surface area contributed by atoms with Crippen molar-refractivity contribution in [1.29, 1.82) is 0 Å². The van der Waals surface area contributed by atoms with Gasteiger partial charge in [0.1, 0.15) is 0 Å². The molecule has 3 aliphatic rings. The number of carbonyl (C=O) groups is 2.